The van der Waals surface area contributed by atoms with E-state index in [-0.39, 0.29) is 18.4 Å². The summed E-state index contributed by atoms with van der Waals surface area (Å²) < 4.78 is 0. The Bertz CT molecular complexity index is 725. The van der Waals surface area contributed by atoms with Crippen molar-refractivity contribution in [2.75, 3.05) is 19.6 Å². The summed E-state index contributed by atoms with van der Waals surface area (Å²) in [5.41, 5.74) is 2.25. The molecule has 1 atom stereocenters. The minimum atomic E-state index is -0.964. The van der Waals surface area contributed by atoms with Gasteiger partial charge in [0.05, 0.1) is 6.54 Å². The van der Waals surface area contributed by atoms with Crippen LogP contribution >= 0.6 is 0 Å². The summed E-state index contributed by atoms with van der Waals surface area (Å²) in [4.78, 5) is 28.6. The van der Waals surface area contributed by atoms with E-state index in [9.17, 15) is 14.7 Å². The van der Waals surface area contributed by atoms with Crippen molar-refractivity contribution in [1.82, 2.24) is 15.2 Å². The zero-order valence-electron chi connectivity index (χ0n) is 13.6. The molecule has 6 heteroatoms. The Morgan fingerprint density at radius 2 is 2.21 bits per heavy atom. The maximum absolute atomic E-state index is 12.0. The predicted octanol–water partition coefficient (Wildman–Crippen LogP) is 1.20. The molecule has 6 nitrogen and oxygen atoms in total. The predicted molar refractivity (Wildman–Crippen MR) is 91.5 cm³/mol. The number of likely N-dealkylation sites (tertiary alicyclic amines) is 1. The fraction of sp³-hybridized carbons (Fsp3) is 0.444. The first-order valence-corrected chi connectivity index (χ1v) is 8.43. The summed E-state index contributed by atoms with van der Waals surface area (Å²) in [7, 11) is 0. The number of H-pyrrole nitrogens is 1. The van der Waals surface area contributed by atoms with Gasteiger partial charge in [0.2, 0.25) is 5.91 Å². The largest absolute Gasteiger partial charge is 0.383 e. The molecule has 2 heterocycles. The highest BCUT2D eigenvalue weighted by molar-refractivity contribution is 5.87. The van der Waals surface area contributed by atoms with Crippen LogP contribution in [0.25, 0.3) is 10.9 Å². The summed E-state index contributed by atoms with van der Waals surface area (Å²) >= 11 is 0. The Balaban J connectivity index is 1.47. The van der Waals surface area contributed by atoms with Crippen molar-refractivity contribution in [2.24, 2.45) is 0 Å². The third kappa shape index (κ3) is 3.94. The van der Waals surface area contributed by atoms with Gasteiger partial charge in [-0.05, 0) is 54.8 Å². The van der Waals surface area contributed by atoms with Crippen LogP contribution in [0.5, 0.6) is 0 Å². The summed E-state index contributed by atoms with van der Waals surface area (Å²) in [6.45, 7) is 1.08. The number of aromatic amines is 1. The minimum Gasteiger partial charge on any atom is -0.383 e. The van der Waals surface area contributed by atoms with Gasteiger partial charge in [0.1, 0.15) is 6.10 Å². The molecule has 0 spiro atoms. The van der Waals surface area contributed by atoms with Crippen molar-refractivity contribution < 1.29 is 14.7 Å². The van der Waals surface area contributed by atoms with E-state index in [0.717, 1.165) is 35.7 Å². The SMILES string of the molecule is O=C(CN1CCCCC(O)C1=O)NCCc1ccc2[nH]ccc2c1. The molecule has 3 N–H and O–H groups in total. The van der Waals surface area contributed by atoms with Gasteiger partial charge in [-0.15, -0.1) is 0 Å². The molecule has 2 aromatic rings. The van der Waals surface area contributed by atoms with Crippen molar-refractivity contribution in [3.63, 3.8) is 0 Å². The Labute approximate surface area is 140 Å². The number of hydrogen-bond acceptors (Lipinski definition) is 3. The second kappa shape index (κ2) is 7.49. The Morgan fingerprint density at radius 1 is 1.33 bits per heavy atom. The lowest BCUT2D eigenvalue weighted by Crippen LogP contribution is -2.44. The maximum atomic E-state index is 12.0. The van der Waals surface area contributed by atoms with E-state index in [2.05, 4.69) is 16.4 Å². The quantitative estimate of drug-likeness (QED) is 0.770. The fourth-order valence-electron chi connectivity index (χ4n) is 3.08. The molecular weight excluding hydrogens is 306 g/mol. The molecule has 1 unspecified atom stereocenters. The molecule has 128 valence electrons. The first kappa shape index (κ1) is 16.5. The van der Waals surface area contributed by atoms with Crippen molar-refractivity contribution in [3.05, 3.63) is 36.0 Å². The maximum Gasteiger partial charge on any atom is 0.251 e. The summed E-state index contributed by atoms with van der Waals surface area (Å²) in [5.74, 6) is -0.513. The van der Waals surface area contributed by atoms with Gasteiger partial charge in [-0.1, -0.05) is 6.07 Å². The zero-order chi connectivity index (χ0) is 16.9. The van der Waals surface area contributed by atoms with Gasteiger partial charge in [0, 0.05) is 24.8 Å². The van der Waals surface area contributed by atoms with Crippen molar-refractivity contribution in [3.8, 4) is 0 Å². The average molecular weight is 329 g/mol. The standard InChI is InChI=1S/C18H23N3O3/c22-16-3-1-2-10-21(18(16)24)12-17(23)20-8-6-13-4-5-15-14(11-13)7-9-19-15/h4-5,7,9,11,16,19,22H,1-3,6,8,10,12H2,(H,20,23). The Hall–Kier alpha value is -2.34. The third-order valence-corrected chi connectivity index (χ3v) is 4.44. The lowest BCUT2D eigenvalue weighted by molar-refractivity contribution is -0.142. The Morgan fingerprint density at radius 3 is 3.08 bits per heavy atom. The van der Waals surface area contributed by atoms with Crippen LogP contribution in [0.15, 0.2) is 30.5 Å². The lowest BCUT2D eigenvalue weighted by Gasteiger charge is -2.21. The number of carbonyl (C=O) groups excluding carboxylic acids is 2. The fourth-order valence-corrected chi connectivity index (χ4v) is 3.08. The van der Waals surface area contributed by atoms with Crippen LogP contribution in [-0.4, -0.2) is 52.5 Å². The normalized spacial score (nSPS) is 18.6. The van der Waals surface area contributed by atoms with E-state index >= 15 is 0 Å². The van der Waals surface area contributed by atoms with Crippen LogP contribution in [0.3, 0.4) is 0 Å². The molecule has 1 fully saturated rings. The van der Waals surface area contributed by atoms with Gasteiger partial charge >= 0.3 is 0 Å². The first-order valence-electron chi connectivity index (χ1n) is 8.43. The van der Waals surface area contributed by atoms with Crippen LogP contribution in [-0.2, 0) is 16.0 Å². The van der Waals surface area contributed by atoms with E-state index in [4.69, 9.17) is 0 Å². The summed E-state index contributed by atoms with van der Waals surface area (Å²) in [6, 6.07) is 8.20. The van der Waals surface area contributed by atoms with Gasteiger partial charge in [0.25, 0.3) is 5.91 Å². The molecule has 3 rings (SSSR count). The number of nitrogens with one attached hydrogen (secondary N) is 2. The van der Waals surface area contributed by atoms with Gasteiger partial charge in [-0.3, -0.25) is 9.59 Å². The molecule has 1 aliphatic rings. The molecule has 0 radical (unpaired) electrons. The van der Waals surface area contributed by atoms with E-state index in [1.807, 2.05) is 24.4 Å². The van der Waals surface area contributed by atoms with Gasteiger partial charge in [-0.25, -0.2) is 0 Å². The molecule has 0 aliphatic carbocycles. The van der Waals surface area contributed by atoms with Gasteiger partial charge in [0.15, 0.2) is 0 Å². The number of aliphatic hydroxyl groups excluding tert-OH is 1. The first-order chi connectivity index (χ1) is 11.6. The smallest absolute Gasteiger partial charge is 0.251 e. The van der Waals surface area contributed by atoms with Crippen molar-refractivity contribution in [1.29, 1.82) is 0 Å². The van der Waals surface area contributed by atoms with Crippen LogP contribution < -0.4 is 5.32 Å². The molecule has 1 aromatic heterocycles. The second-order valence-electron chi connectivity index (χ2n) is 6.27. The Kier molecular flexibility index (Phi) is 5.15. The topological polar surface area (TPSA) is 85.4 Å². The highest BCUT2D eigenvalue weighted by Crippen LogP contribution is 2.14. The zero-order valence-corrected chi connectivity index (χ0v) is 13.6. The van der Waals surface area contributed by atoms with Gasteiger partial charge in [-0.2, -0.15) is 0 Å². The molecule has 1 aliphatic heterocycles. The molecule has 0 bridgehead atoms. The van der Waals surface area contributed by atoms with E-state index in [1.165, 1.54) is 4.90 Å². The van der Waals surface area contributed by atoms with Crippen LogP contribution in [0.1, 0.15) is 24.8 Å². The minimum absolute atomic E-state index is 0.0206. The van der Waals surface area contributed by atoms with E-state index in [0.29, 0.717) is 19.5 Å². The van der Waals surface area contributed by atoms with E-state index in [1.54, 1.807) is 0 Å². The number of benzene rings is 1. The monoisotopic (exact) mass is 329 g/mol. The van der Waals surface area contributed by atoms with Crippen molar-refractivity contribution >= 4 is 22.7 Å². The van der Waals surface area contributed by atoms with E-state index < -0.39 is 6.10 Å². The number of aromatic nitrogens is 1. The number of hydrogen-bond donors (Lipinski definition) is 3. The lowest BCUT2D eigenvalue weighted by atomic mass is 10.1. The summed E-state index contributed by atoms with van der Waals surface area (Å²) in [5, 5.41) is 13.7. The van der Waals surface area contributed by atoms with Crippen LogP contribution in [0.4, 0.5) is 0 Å². The number of carbonyl (C=O) groups is 2. The average Bonchev–Trinajstić information content (AvgIpc) is 2.98. The number of aliphatic hydroxyl groups is 1. The van der Waals surface area contributed by atoms with Crippen LogP contribution in [0, 0.1) is 0 Å². The summed E-state index contributed by atoms with van der Waals surface area (Å²) in [6.07, 6.45) is 3.80. The highest BCUT2D eigenvalue weighted by Gasteiger charge is 2.26. The van der Waals surface area contributed by atoms with Crippen LogP contribution in [0.2, 0.25) is 0 Å². The van der Waals surface area contributed by atoms with Gasteiger partial charge < -0.3 is 20.3 Å². The molecular formula is C18H23N3O3. The molecule has 2 amide bonds. The third-order valence-electron chi connectivity index (χ3n) is 4.44. The number of nitrogens with zero attached hydrogens (tertiary/aromatic N) is 1. The number of fused-ring (bicyclic) bond motifs is 1. The molecule has 0 saturated carbocycles. The molecule has 24 heavy (non-hydrogen) atoms. The second-order valence-corrected chi connectivity index (χ2v) is 6.27. The highest BCUT2D eigenvalue weighted by atomic mass is 16.3. The van der Waals surface area contributed by atoms with Crippen molar-refractivity contribution in [2.45, 2.75) is 31.8 Å². The number of amides is 2. The molecule has 1 saturated heterocycles. The molecule has 1 aromatic carbocycles. The number of rotatable bonds is 5.